The number of rotatable bonds is 5. The molecule has 5 heteroatoms. The van der Waals surface area contributed by atoms with Crippen molar-refractivity contribution in [3.8, 4) is 0 Å². The van der Waals surface area contributed by atoms with Crippen molar-refractivity contribution >= 4 is 5.91 Å². The van der Waals surface area contributed by atoms with Gasteiger partial charge >= 0.3 is 0 Å². The molecule has 0 radical (unpaired) electrons. The van der Waals surface area contributed by atoms with Gasteiger partial charge in [0, 0.05) is 32.7 Å². The molecule has 0 spiro atoms. The monoisotopic (exact) mass is 279 g/mol. The lowest BCUT2D eigenvalue weighted by Crippen LogP contribution is -2.52. The van der Waals surface area contributed by atoms with E-state index < -0.39 is 0 Å². The number of carbonyl (C=O) groups is 1. The smallest absolute Gasteiger partial charge is 0.237 e. The fourth-order valence-corrected chi connectivity index (χ4v) is 2.40. The van der Waals surface area contributed by atoms with Gasteiger partial charge in [0.2, 0.25) is 5.91 Å². The molecule has 1 heterocycles. The summed E-state index contributed by atoms with van der Waals surface area (Å²) in [5, 5.41) is 6.15. The van der Waals surface area contributed by atoms with Crippen LogP contribution in [0.4, 0.5) is 4.39 Å². The quantitative estimate of drug-likeness (QED) is 0.837. The number of benzene rings is 1. The molecular formula is C15H22FN3O. The fraction of sp³-hybridized carbons (Fsp3) is 0.533. The number of nitrogens with one attached hydrogen (secondary N) is 2. The van der Waals surface area contributed by atoms with Crippen molar-refractivity contribution in [2.45, 2.75) is 19.4 Å². The Balaban J connectivity index is 1.76. The van der Waals surface area contributed by atoms with Gasteiger partial charge in [0.15, 0.2) is 0 Å². The molecule has 1 amide bonds. The molecule has 0 bridgehead atoms. The second-order valence-corrected chi connectivity index (χ2v) is 5.09. The lowest BCUT2D eigenvalue weighted by atomic mass is 10.1. The number of carbonyl (C=O) groups excluding carboxylic acids is 1. The zero-order chi connectivity index (χ0) is 14.4. The Morgan fingerprint density at radius 2 is 2.10 bits per heavy atom. The van der Waals surface area contributed by atoms with Gasteiger partial charge < -0.3 is 10.6 Å². The molecule has 4 nitrogen and oxygen atoms in total. The molecule has 2 rings (SSSR count). The number of hydrogen-bond acceptors (Lipinski definition) is 3. The van der Waals surface area contributed by atoms with Crippen molar-refractivity contribution in [1.29, 1.82) is 0 Å². The highest BCUT2D eigenvalue weighted by Crippen LogP contribution is 2.06. The van der Waals surface area contributed by atoms with Crippen LogP contribution >= 0.6 is 0 Å². The maximum absolute atomic E-state index is 13.4. The highest BCUT2D eigenvalue weighted by atomic mass is 19.1. The second kappa shape index (κ2) is 7.36. The lowest BCUT2D eigenvalue weighted by molar-refractivity contribution is -0.126. The third-order valence-electron chi connectivity index (χ3n) is 3.73. The van der Waals surface area contributed by atoms with Crippen LogP contribution < -0.4 is 10.6 Å². The van der Waals surface area contributed by atoms with Gasteiger partial charge in [-0.15, -0.1) is 0 Å². The van der Waals surface area contributed by atoms with Crippen LogP contribution in [0, 0.1) is 5.82 Å². The van der Waals surface area contributed by atoms with Crippen LogP contribution in [0.5, 0.6) is 0 Å². The van der Waals surface area contributed by atoms with Gasteiger partial charge in [-0.05, 0) is 25.0 Å². The first kappa shape index (κ1) is 14.9. The Hall–Kier alpha value is -1.46. The van der Waals surface area contributed by atoms with E-state index in [9.17, 15) is 9.18 Å². The normalized spacial score (nSPS) is 17.7. The zero-order valence-corrected chi connectivity index (χ0v) is 11.9. The maximum atomic E-state index is 13.4. The molecule has 1 fully saturated rings. The molecule has 1 aliphatic heterocycles. The first-order valence-electron chi connectivity index (χ1n) is 7.14. The Kier molecular flexibility index (Phi) is 5.49. The highest BCUT2D eigenvalue weighted by molar-refractivity contribution is 5.81. The number of piperazine rings is 1. The minimum atomic E-state index is -0.211. The number of amides is 1. The number of hydrogen-bond donors (Lipinski definition) is 2. The summed E-state index contributed by atoms with van der Waals surface area (Å²) in [4.78, 5) is 14.2. The van der Waals surface area contributed by atoms with Crippen molar-refractivity contribution in [1.82, 2.24) is 15.5 Å². The van der Waals surface area contributed by atoms with Crippen LogP contribution in [0.25, 0.3) is 0 Å². The van der Waals surface area contributed by atoms with E-state index in [-0.39, 0.29) is 17.8 Å². The standard InChI is InChI=1S/C15H22FN3O/c1-12(19-10-8-17-9-11-19)15(20)18-7-6-13-4-2-3-5-14(13)16/h2-5,12,17H,6-11H2,1H3,(H,18,20). The predicted octanol–water partition coefficient (Wildman–Crippen LogP) is 0.778. The van der Waals surface area contributed by atoms with E-state index in [4.69, 9.17) is 0 Å². The van der Waals surface area contributed by atoms with Gasteiger partial charge in [-0.3, -0.25) is 9.69 Å². The molecule has 1 unspecified atom stereocenters. The second-order valence-electron chi connectivity index (χ2n) is 5.09. The Labute approximate surface area is 119 Å². The molecule has 0 aliphatic carbocycles. The van der Waals surface area contributed by atoms with Crippen molar-refractivity contribution in [2.75, 3.05) is 32.7 Å². The van der Waals surface area contributed by atoms with Crippen LogP contribution in [0.1, 0.15) is 12.5 Å². The molecule has 2 N–H and O–H groups in total. The molecule has 1 aromatic rings. The summed E-state index contributed by atoms with van der Waals surface area (Å²) in [5.41, 5.74) is 0.641. The molecule has 1 aliphatic rings. The van der Waals surface area contributed by atoms with Crippen molar-refractivity contribution in [2.24, 2.45) is 0 Å². The van der Waals surface area contributed by atoms with Crippen molar-refractivity contribution in [3.05, 3.63) is 35.6 Å². The van der Waals surface area contributed by atoms with Crippen LogP contribution in [-0.2, 0) is 11.2 Å². The van der Waals surface area contributed by atoms with Crippen molar-refractivity contribution in [3.63, 3.8) is 0 Å². The van der Waals surface area contributed by atoms with Gasteiger partial charge in [0.1, 0.15) is 5.82 Å². The van der Waals surface area contributed by atoms with E-state index in [0.717, 1.165) is 26.2 Å². The minimum absolute atomic E-state index is 0.0169. The van der Waals surface area contributed by atoms with Gasteiger partial charge in [0.25, 0.3) is 0 Å². The van der Waals surface area contributed by atoms with E-state index >= 15 is 0 Å². The summed E-state index contributed by atoms with van der Waals surface area (Å²) in [6, 6.07) is 6.55. The van der Waals surface area contributed by atoms with E-state index in [1.165, 1.54) is 6.07 Å². The molecule has 20 heavy (non-hydrogen) atoms. The van der Waals surface area contributed by atoms with Gasteiger partial charge in [-0.1, -0.05) is 18.2 Å². The summed E-state index contributed by atoms with van der Waals surface area (Å²) in [6.07, 6.45) is 0.521. The number of halogens is 1. The lowest BCUT2D eigenvalue weighted by Gasteiger charge is -2.31. The van der Waals surface area contributed by atoms with E-state index in [1.54, 1.807) is 12.1 Å². The summed E-state index contributed by atoms with van der Waals surface area (Å²) in [6.45, 7) is 6.02. The average molecular weight is 279 g/mol. The SMILES string of the molecule is CC(C(=O)NCCc1ccccc1F)N1CCNCC1. The first-order valence-corrected chi connectivity index (χ1v) is 7.14. The average Bonchev–Trinajstić information content (AvgIpc) is 2.49. The third-order valence-corrected chi connectivity index (χ3v) is 3.73. The zero-order valence-electron chi connectivity index (χ0n) is 11.9. The highest BCUT2D eigenvalue weighted by Gasteiger charge is 2.22. The van der Waals surface area contributed by atoms with Crippen LogP contribution in [-0.4, -0.2) is 49.6 Å². The van der Waals surface area contributed by atoms with E-state index in [1.807, 2.05) is 13.0 Å². The molecule has 1 atom stereocenters. The van der Waals surface area contributed by atoms with Gasteiger partial charge in [-0.25, -0.2) is 4.39 Å². The molecule has 0 saturated carbocycles. The first-order chi connectivity index (χ1) is 9.68. The molecule has 1 aromatic carbocycles. The summed E-state index contributed by atoms with van der Waals surface area (Å²) in [7, 11) is 0. The molecule has 1 saturated heterocycles. The van der Waals surface area contributed by atoms with Crippen LogP contribution in [0.3, 0.4) is 0 Å². The van der Waals surface area contributed by atoms with Crippen molar-refractivity contribution < 1.29 is 9.18 Å². The summed E-state index contributed by atoms with van der Waals surface area (Å²) in [5.74, 6) is -0.194. The Morgan fingerprint density at radius 3 is 2.80 bits per heavy atom. The van der Waals surface area contributed by atoms with Crippen LogP contribution in [0.15, 0.2) is 24.3 Å². The topological polar surface area (TPSA) is 44.4 Å². The van der Waals surface area contributed by atoms with Gasteiger partial charge in [-0.2, -0.15) is 0 Å². The Morgan fingerprint density at radius 1 is 1.40 bits per heavy atom. The summed E-state index contributed by atoms with van der Waals surface area (Å²) >= 11 is 0. The number of nitrogens with zero attached hydrogens (tertiary/aromatic N) is 1. The maximum Gasteiger partial charge on any atom is 0.237 e. The van der Waals surface area contributed by atoms with Crippen LogP contribution in [0.2, 0.25) is 0 Å². The van der Waals surface area contributed by atoms with E-state index in [2.05, 4.69) is 15.5 Å². The Bertz CT molecular complexity index is 446. The molecule has 110 valence electrons. The fourth-order valence-electron chi connectivity index (χ4n) is 2.40. The molecule has 0 aromatic heterocycles. The van der Waals surface area contributed by atoms with Gasteiger partial charge in [0.05, 0.1) is 6.04 Å². The predicted molar refractivity (Wildman–Crippen MR) is 77.0 cm³/mol. The van der Waals surface area contributed by atoms with E-state index in [0.29, 0.717) is 18.5 Å². The largest absolute Gasteiger partial charge is 0.354 e. The molecular weight excluding hydrogens is 257 g/mol. The minimum Gasteiger partial charge on any atom is -0.354 e. The third kappa shape index (κ3) is 4.02. The summed E-state index contributed by atoms with van der Waals surface area (Å²) < 4.78 is 13.4.